The maximum atomic E-state index is 14.8. The number of nitrogens with zero attached hydrogens (tertiary/aromatic N) is 5. The van der Waals surface area contributed by atoms with Crippen molar-refractivity contribution < 1.29 is 23.1 Å². The minimum Gasteiger partial charge on any atom is -0.480 e. The molecule has 0 bridgehead atoms. The number of hydrogen-bond acceptors (Lipinski definition) is 8. The molecule has 12 nitrogen and oxygen atoms in total. The fourth-order valence-corrected chi connectivity index (χ4v) is 4.18. The first-order valence-electron chi connectivity index (χ1n) is 12.2. The first-order valence-corrected chi connectivity index (χ1v) is 12.2. The number of methoxy groups -OCH3 is 1. The van der Waals surface area contributed by atoms with Gasteiger partial charge in [0, 0.05) is 23.9 Å². The fraction of sp³-hybridized carbons (Fsp3) is 0.222. The Labute approximate surface area is 232 Å². The second-order valence-corrected chi connectivity index (χ2v) is 9.05. The van der Waals surface area contributed by atoms with Crippen LogP contribution in [0.3, 0.4) is 0 Å². The van der Waals surface area contributed by atoms with Gasteiger partial charge >= 0.3 is 11.7 Å². The maximum absolute atomic E-state index is 14.8. The number of anilines is 1. The summed E-state index contributed by atoms with van der Waals surface area (Å²) in [6, 6.07) is 11.8. The minimum atomic E-state index is -0.892. The highest BCUT2D eigenvalue weighted by atomic mass is 19.1. The van der Waals surface area contributed by atoms with E-state index in [0.717, 1.165) is 21.3 Å². The van der Waals surface area contributed by atoms with Gasteiger partial charge < -0.3 is 15.0 Å². The zero-order valence-electron chi connectivity index (χ0n) is 22.6. The average molecular weight is 568 g/mol. The molecule has 0 aliphatic rings. The zero-order valence-corrected chi connectivity index (χ0v) is 22.6. The van der Waals surface area contributed by atoms with Crippen molar-refractivity contribution in [1.29, 1.82) is 0 Å². The standard InChI is InChI=1S/C27H27F2N7O5/c1-34(2)14-19-24(16-8-10-17(11-9-16)30-26(38)33-41-4)35(15-18-20(28)6-5-7-21(18)29)27(39)36(25(19)37)22-12-13-23(40-3)32-31-22/h5-13H,14-15H2,1-4H3,(H2,30,33,38). The monoisotopic (exact) mass is 567 g/mol. The molecule has 0 unspecified atom stereocenters. The molecule has 4 aromatic rings. The summed E-state index contributed by atoms with van der Waals surface area (Å²) in [5.74, 6) is -1.65. The molecule has 0 saturated carbocycles. The van der Waals surface area contributed by atoms with Gasteiger partial charge in [0.1, 0.15) is 11.6 Å². The van der Waals surface area contributed by atoms with Crippen molar-refractivity contribution >= 4 is 11.7 Å². The van der Waals surface area contributed by atoms with Crippen LogP contribution in [0.15, 0.2) is 64.2 Å². The molecule has 2 aromatic heterocycles. The van der Waals surface area contributed by atoms with Crippen molar-refractivity contribution in [3.05, 3.63) is 98.2 Å². The van der Waals surface area contributed by atoms with E-state index in [0.29, 0.717) is 11.3 Å². The van der Waals surface area contributed by atoms with Crippen LogP contribution in [0.5, 0.6) is 5.88 Å². The van der Waals surface area contributed by atoms with Crippen LogP contribution in [0.25, 0.3) is 17.1 Å². The number of halogens is 2. The number of benzene rings is 2. The smallest absolute Gasteiger partial charge is 0.343 e. The van der Waals surface area contributed by atoms with Crippen LogP contribution >= 0.6 is 0 Å². The predicted octanol–water partition coefficient (Wildman–Crippen LogP) is 2.54. The number of rotatable bonds is 9. The van der Waals surface area contributed by atoms with Gasteiger partial charge in [0.2, 0.25) is 5.88 Å². The van der Waals surface area contributed by atoms with Gasteiger partial charge in [0.15, 0.2) is 5.82 Å². The summed E-state index contributed by atoms with van der Waals surface area (Å²) in [5, 5.41) is 10.4. The highest BCUT2D eigenvalue weighted by Crippen LogP contribution is 2.26. The fourth-order valence-electron chi connectivity index (χ4n) is 4.18. The molecule has 2 N–H and O–H groups in total. The van der Waals surface area contributed by atoms with Crippen LogP contribution in [0.2, 0.25) is 0 Å². The van der Waals surface area contributed by atoms with E-state index in [9.17, 15) is 23.2 Å². The maximum Gasteiger partial charge on any atom is 0.343 e. The van der Waals surface area contributed by atoms with Crippen LogP contribution in [0.1, 0.15) is 11.1 Å². The lowest BCUT2D eigenvalue weighted by atomic mass is 10.0. The second-order valence-electron chi connectivity index (χ2n) is 9.05. The molecule has 0 spiro atoms. The Bertz CT molecular complexity index is 1650. The quantitative estimate of drug-likeness (QED) is 0.295. The van der Waals surface area contributed by atoms with Crippen molar-refractivity contribution in [2.45, 2.75) is 13.1 Å². The molecule has 0 aliphatic carbocycles. The first-order chi connectivity index (χ1) is 19.6. The molecule has 0 fully saturated rings. The summed E-state index contributed by atoms with van der Waals surface area (Å²) in [7, 11) is 6.13. The van der Waals surface area contributed by atoms with E-state index in [1.165, 1.54) is 32.4 Å². The van der Waals surface area contributed by atoms with Crippen molar-refractivity contribution in [3.8, 4) is 23.0 Å². The van der Waals surface area contributed by atoms with Crippen molar-refractivity contribution in [2.75, 3.05) is 33.6 Å². The molecule has 0 aliphatic heterocycles. The lowest BCUT2D eigenvalue weighted by molar-refractivity contribution is 0.114. The molecule has 0 saturated heterocycles. The van der Waals surface area contributed by atoms with E-state index in [1.807, 2.05) is 0 Å². The third-order valence-electron chi connectivity index (χ3n) is 5.97. The number of urea groups is 1. The van der Waals surface area contributed by atoms with Gasteiger partial charge in [-0.15, -0.1) is 10.2 Å². The number of aromatic nitrogens is 4. The van der Waals surface area contributed by atoms with Crippen molar-refractivity contribution in [2.24, 2.45) is 0 Å². The Kier molecular flexibility index (Phi) is 8.84. The lowest BCUT2D eigenvalue weighted by Gasteiger charge is -2.22. The normalized spacial score (nSPS) is 11.0. The van der Waals surface area contributed by atoms with Gasteiger partial charge in [0.05, 0.1) is 32.0 Å². The Morgan fingerprint density at radius 1 is 0.951 bits per heavy atom. The van der Waals surface area contributed by atoms with Gasteiger partial charge in [-0.2, -0.15) is 0 Å². The van der Waals surface area contributed by atoms with Crippen LogP contribution in [0.4, 0.5) is 19.3 Å². The van der Waals surface area contributed by atoms with Gasteiger partial charge in [-0.25, -0.2) is 28.4 Å². The second kappa shape index (κ2) is 12.5. The van der Waals surface area contributed by atoms with Crippen LogP contribution < -0.4 is 26.8 Å². The molecule has 41 heavy (non-hydrogen) atoms. The zero-order chi connectivity index (χ0) is 29.7. The summed E-state index contributed by atoms with van der Waals surface area (Å²) in [6.07, 6.45) is 0. The SMILES string of the molecule is CONC(=O)Nc1ccc(-c2c(CN(C)C)c(=O)n(-c3ccc(OC)nn3)c(=O)n2Cc2c(F)cccc2F)cc1. The van der Waals surface area contributed by atoms with Gasteiger partial charge in [0.25, 0.3) is 5.56 Å². The van der Waals surface area contributed by atoms with E-state index >= 15 is 0 Å². The minimum absolute atomic E-state index is 0.0635. The highest BCUT2D eigenvalue weighted by Gasteiger charge is 2.24. The number of amides is 2. The summed E-state index contributed by atoms with van der Waals surface area (Å²) < 4.78 is 36.6. The van der Waals surface area contributed by atoms with Crippen LogP contribution in [-0.4, -0.2) is 58.6 Å². The van der Waals surface area contributed by atoms with E-state index in [4.69, 9.17) is 4.74 Å². The van der Waals surface area contributed by atoms with Crippen LogP contribution in [0, 0.1) is 11.6 Å². The molecule has 0 radical (unpaired) electrons. The topological polar surface area (TPSA) is 133 Å². The molecule has 2 heterocycles. The third kappa shape index (κ3) is 6.28. The van der Waals surface area contributed by atoms with Gasteiger partial charge in [-0.3, -0.25) is 14.2 Å². The Balaban J connectivity index is 2.00. The largest absolute Gasteiger partial charge is 0.480 e. The van der Waals surface area contributed by atoms with E-state index in [-0.39, 0.29) is 35.1 Å². The molecular formula is C27H27F2N7O5. The van der Waals surface area contributed by atoms with Gasteiger partial charge in [-0.1, -0.05) is 18.2 Å². The molecule has 4 rings (SSSR count). The number of nitrogens with one attached hydrogen (secondary N) is 2. The molecule has 14 heteroatoms. The number of carbonyl (C=O) groups is 1. The molecule has 2 amide bonds. The van der Waals surface area contributed by atoms with E-state index in [2.05, 4.69) is 25.8 Å². The lowest BCUT2D eigenvalue weighted by Crippen LogP contribution is -2.43. The number of hydrogen-bond donors (Lipinski definition) is 2. The average Bonchev–Trinajstić information content (AvgIpc) is 2.94. The number of ether oxygens (including phenoxy) is 1. The molecule has 214 valence electrons. The number of carbonyl (C=O) groups excluding carboxylic acids is 1. The third-order valence-corrected chi connectivity index (χ3v) is 5.97. The first kappa shape index (κ1) is 29.0. The Morgan fingerprint density at radius 3 is 2.20 bits per heavy atom. The molecule has 2 aromatic carbocycles. The summed E-state index contributed by atoms with van der Waals surface area (Å²) >= 11 is 0. The van der Waals surface area contributed by atoms with E-state index in [1.54, 1.807) is 43.3 Å². The van der Waals surface area contributed by atoms with Gasteiger partial charge in [-0.05, 0) is 50.0 Å². The predicted molar refractivity (Wildman–Crippen MR) is 146 cm³/mol. The summed E-state index contributed by atoms with van der Waals surface area (Å²) in [5.41, 5.74) is 1.24. The summed E-state index contributed by atoms with van der Waals surface area (Å²) in [4.78, 5) is 46.0. The highest BCUT2D eigenvalue weighted by molar-refractivity contribution is 5.88. The summed E-state index contributed by atoms with van der Waals surface area (Å²) in [6.45, 7) is -0.471. The molecular weight excluding hydrogens is 540 g/mol. The number of hydroxylamine groups is 1. The Hall–Kier alpha value is -4.95. The van der Waals surface area contributed by atoms with Crippen molar-refractivity contribution in [1.82, 2.24) is 29.7 Å². The van der Waals surface area contributed by atoms with Crippen molar-refractivity contribution in [3.63, 3.8) is 0 Å². The van der Waals surface area contributed by atoms with E-state index < -0.39 is 35.5 Å². The molecule has 0 atom stereocenters. The Morgan fingerprint density at radius 2 is 1.63 bits per heavy atom. The van der Waals surface area contributed by atoms with Crippen LogP contribution in [-0.2, 0) is 17.9 Å².